The summed E-state index contributed by atoms with van der Waals surface area (Å²) in [7, 11) is 3.47. The normalized spacial score (nSPS) is 13.7. The van der Waals surface area contributed by atoms with Gasteiger partial charge >= 0.3 is 0 Å². The van der Waals surface area contributed by atoms with Crippen molar-refractivity contribution in [2.75, 3.05) is 14.2 Å². The lowest BCUT2D eigenvalue weighted by Gasteiger charge is -2.21. The van der Waals surface area contributed by atoms with Crippen molar-refractivity contribution < 1.29 is 14.3 Å². The third-order valence-electron chi connectivity index (χ3n) is 5.63. The molecule has 2 amide bonds. The Labute approximate surface area is 188 Å². The largest absolute Gasteiger partial charge is 0.497 e. The highest BCUT2D eigenvalue weighted by atomic mass is 16.5. The second-order valence-electron chi connectivity index (χ2n) is 7.98. The van der Waals surface area contributed by atoms with Crippen LogP contribution in [0.3, 0.4) is 0 Å². The quantitative estimate of drug-likeness (QED) is 0.525. The van der Waals surface area contributed by atoms with Crippen LogP contribution in [0.5, 0.6) is 5.75 Å². The van der Waals surface area contributed by atoms with E-state index in [2.05, 4.69) is 0 Å². The van der Waals surface area contributed by atoms with Crippen molar-refractivity contribution in [3.05, 3.63) is 107 Å². The molecule has 0 saturated carbocycles. The van der Waals surface area contributed by atoms with Crippen molar-refractivity contribution in [2.24, 2.45) is 0 Å². The maximum absolute atomic E-state index is 13.5. The Morgan fingerprint density at radius 1 is 0.812 bits per heavy atom. The van der Waals surface area contributed by atoms with Gasteiger partial charge in [0.1, 0.15) is 11.4 Å². The predicted octanol–water partition coefficient (Wildman–Crippen LogP) is 4.42. The topological polar surface area (TPSA) is 49.9 Å². The molecule has 0 aromatic heterocycles. The van der Waals surface area contributed by atoms with E-state index in [9.17, 15) is 9.59 Å². The lowest BCUT2D eigenvalue weighted by molar-refractivity contribution is -0.138. The van der Waals surface area contributed by atoms with Gasteiger partial charge in [0.25, 0.3) is 11.8 Å². The number of hydrogen-bond acceptors (Lipinski definition) is 4. The van der Waals surface area contributed by atoms with Gasteiger partial charge in [0.15, 0.2) is 0 Å². The summed E-state index contributed by atoms with van der Waals surface area (Å²) in [5, 5.41) is 0. The zero-order valence-corrected chi connectivity index (χ0v) is 18.5. The van der Waals surface area contributed by atoms with Crippen LogP contribution in [0.2, 0.25) is 0 Å². The maximum Gasteiger partial charge on any atom is 0.278 e. The minimum atomic E-state index is -0.278. The summed E-state index contributed by atoms with van der Waals surface area (Å²) in [5.41, 5.74) is 4.65. The maximum atomic E-state index is 13.5. The van der Waals surface area contributed by atoms with Crippen LogP contribution in [0.4, 0.5) is 0 Å². The Hall–Kier alpha value is -3.86. The number of methoxy groups -OCH3 is 1. The lowest BCUT2D eigenvalue weighted by Crippen LogP contribution is -2.33. The number of aryl methyl sites for hydroxylation is 1. The molecule has 4 rings (SSSR count). The van der Waals surface area contributed by atoms with Gasteiger partial charge in [-0.2, -0.15) is 0 Å². The van der Waals surface area contributed by atoms with E-state index in [4.69, 9.17) is 4.74 Å². The van der Waals surface area contributed by atoms with Gasteiger partial charge in [-0.3, -0.25) is 14.5 Å². The van der Waals surface area contributed by atoms with Crippen LogP contribution in [-0.4, -0.2) is 35.8 Å². The van der Waals surface area contributed by atoms with E-state index >= 15 is 0 Å². The molecule has 0 fully saturated rings. The van der Waals surface area contributed by atoms with E-state index in [1.54, 1.807) is 7.11 Å². The van der Waals surface area contributed by atoms with Crippen LogP contribution in [0.15, 0.2) is 84.6 Å². The minimum Gasteiger partial charge on any atom is -0.497 e. The van der Waals surface area contributed by atoms with E-state index in [1.165, 1.54) is 4.90 Å². The van der Waals surface area contributed by atoms with Crippen LogP contribution in [0.1, 0.15) is 22.3 Å². The van der Waals surface area contributed by atoms with Crippen LogP contribution in [0, 0.1) is 6.92 Å². The molecule has 5 heteroatoms. The first-order valence-electron chi connectivity index (χ1n) is 10.5. The average Bonchev–Trinajstić information content (AvgIpc) is 3.05. The molecule has 32 heavy (non-hydrogen) atoms. The number of imide groups is 1. The number of ether oxygens (including phenoxy) is 1. The highest BCUT2D eigenvalue weighted by Crippen LogP contribution is 2.33. The summed E-state index contributed by atoms with van der Waals surface area (Å²) >= 11 is 0. The van der Waals surface area contributed by atoms with Crippen molar-refractivity contribution >= 4 is 17.4 Å². The first-order valence-corrected chi connectivity index (χ1v) is 10.5. The van der Waals surface area contributed by atoms with Crippen molar-refractivity contribution in [1.29, 1.82) is 0 Å². The second kappa shape index (κ2) is 9.10. The number of likely N-dealkylation sites (N-methyl/N-ethyl adjacent to an activating group) is 1. The van der Waals surface area contributed by atoms with E-state index in [0.717, 1.165) is 28.0 Å². The van der Waals surface area contributed by atoms with Crippen LogP contribution in [-0.2, 0) is 22.7 Å². The molecule has 0 radical (unpaired) electrons. The summed E-state index contributed by atoms with van der Waals surface area (Å²) < 4.78 is 5.21. The van der Waals surface area contributed by atoms with Crippen LogP contribution < -0.4 is 4.74 Å². The summed E-state index contributed by atoms with van der Waals surface area (Å²) in [4.78, 5) is 30.2. The van der Waals surface area contributed by atoms with Gasteiger partial charge < -0.3 is 9.64 Å². The van der Waals surface area contributed by atoms with Crippen LogP contribution >= 0.6 is 0 Å². The summed E-state index contributed by atoms with van der Waals surface area (Å²) in [6, 6.07) is 25.1. The van der Waals surface area contributed by atoms with Gasteiger partial charge in [0.2, 0.25) is 0 Å². The molecule has 0 bridgehead atoms. The monoisotopic (exact) mass is 426 g/mol. The second-order valence-corrected chi connectivity index (χ2v) is 7.98. The van der Waals surface area contributed by atoms with Gasteiger partial charge in [0.05, 0.1) is 19.2 Å². The van der Waals surface area contributed by atoms with E-state index in [0.29, 0.717) is 17.8 Å². The molecular formula is C27H26N2O3. The lowest BCUT2D eigenvalue weighted by atomic mass is 10.0. The van der Waals surface area contributed by atoms with Gasteiger partial charge in [0, 0.05) is 13.6 Å². The average molecular weight is 427 g/mol. The fraction of sp³-hybridized carbons (Fsp3) is 0.185. The number of carbonyl (C=O) groups is 2. The van der Waals surface area contributed by atoms with Gasteiger partial charge in [-0.25, -0.2) is 0 Å². The highest BCUT2D eigenvalue weighted by molar-refractivity contribution is 6.35. The zero-order chi connectivity index (χ0) is 22.7. The molecule has 0 saturated heterocycles. The molecule has 3 aromatic rings. The van der Waals surface area contributed by atoms with E-state index < -0.39 is 0 Å². The third kappa shape index (κ3) is 4.28. The van der Waals surface area contributed by atoms with Crippen molar-refractivity contribution in [1.82, 2.24) is 9.80 Å². The first-order chi connectivity index (χ1) is 15.5. The van der Waals surface area contributed by atoms with E-state index in [1.807, 2.05) is 97.7 Å². The van der Waals surface area contributed by atoms with Crippen molar-refractivity contribution in [3.8, 4) is 5.75 Å². The predicted molar refractivity (Wildman–Crippen MR) is 125 cm³/mol. The zero-order valence-electron chi connectivity index (χ0n) is 18.5. The number of nitrogens with zero attached hydrogens (tertiary/aromatic N) is 2. The molecule has 162 valence electrons. The number of rotatable bonds is 7. The molecule has 3 aromatic carbocycles. The number of hydrogen-bond donors (Lipinski definition) is 0. The van der Waals surface area contributed by atoms with E-state index in [-0.39, 0.29) is 18.4 Å². The molecule has 1 aliphatic heterocycles. The Morgan fingerprint density at radius 3 is 2.09 bits per heavy atom. The molecule has 1 aliphatic rings. The molecule has 0 aliphatic carbocycles. The Balaban J connectivity index is 1.69. The fourth-order valence-corrected chi connectivity index (χ4v) is 3.89. The fourth-order valence-electron chi connectivity index (χ4n) is 3.89. The van der Waals surface area contributed by atoms with Crippen molar-refractivity contribution in [3.63, 3.8) is 0 Å². The standard InChI is InChI=1S/C27H26N2O3/c1-19-9-13-22(14-10-19)24-25(28(2)17-20-7-5-4-6-8-20)27(31)29(26(24)30)18-21-11-15-23(32-3)16-12-21/h4-16H,17-18H2,1-3H3. The first kappa shape index (κ1) is 21.4. The van der Waals surface area contributed by atoms with Gasteiger partial charge in [-0.05, 0) is 35.7 Å². The molecule has 1 heterocycles. The minimum absolute atomic E-state index is 0.208. The number of benzene rings is 3. The summed E-state index contributed by atoms with van der Waals surface area (Å²) in [6.45, 7) is 2.73. The molecule has 5 nitrogen and oxygen atoms in total. The molecular weight excluding hydrogens is 400 g/mol. The summed E-state index contributed by atoms with van der Waals surface area (Å²) in [6.07, 6.45) is 0. The third-order valence-corrected chi connectivity index (χ3v) is 5.63. The Bertz CT molecular complexity index is 1150. The Morgan fingerprint density at radius 2 is 1.47 bits per heavy atom. The molecule has 0 unspecified atom stereocenters. The molecule has 0 atom stereocenters. The Kier molecular flexibility index (Phi) is 6.08. The number of amides is 2. The molecule has 0 N–H and O–H groups in total. The van der Waals surface area contributed by atoms with Gasteiger partial charge in [-0.15, -0.1) is 0 Å². The van der Waals surface area contributed by atoms with Gasteiger partial charge in [-0.1, -0.05) is 72.3 Å². The summed E-state index contributed by atoms with van der Waals surface area (Å²) in [5.74, 6) is 0.180. The molecule has 0 spiro atoms. The SMILES string of the molecule is COc1ccc(CN2C(=O)C(c3ccc(C)cc3)=C(N(C)Cc3ccccc3)C2=O)cc1. The van der Waals surface area contributed by atoms with Crippen LogP contribution in [0.25, 0.3) is 5.57 Å². The van der Waals surface area contributed by atoms with Crippen molar-refractivity contribution in [2.45, 2.75) is 20.0 Å². The highest BCUT2D eigenvalue weighted by Gasteiger charge is 2.40. The smallest absolute Gasteiger partial charge is 0.278 e. The number of carbonyl (C=O) groups excluding carboxylic acids is 2.